The van der Waals surface area contributed by atoms with Crippen molar-refractivity contribution in [2.75, 3.05) is 33.2 Å². The van der Waals surface area contributed by atoms with Crippen LogP contribution in [-0.4, -0.2) is 50.2 Å². The third-order valence-electron chi connectivity index (χ3n) is 2.78. The first kappa shape index (κ1) is 11.0. The molecule has 1 aliphatic heterocycles. The van der Waals surface area contributed by atoms with E-state index in [4.69, 9.17) is 0 Å². The maximum atomic E-state index is 3.53. The van der Waals surface area contributed by atoms with Gasteiger partial charge in [-0.1, -0.05) is 6.92 Å². The Labute approximate surface area is 81.9 Å². The number of piperazine rings is 1. The van der Waals surface area contributed by atoms with E-state index in [1.807, 2.05) is 0 Å². The van der Waals surface area contributed by atoms with Crippen LogP contribution in [0.3, 0.4) is 0 Å². The van der Waals surface area contributed by atoms with Gasteiger partial charge in [-0.05, 0) is 20.4 Å². The van der Waals surface area contributed by atoms with Crippen LogP contribution in [0.2, 0.25) is 0 Å². The molecule has 0 aliphatic carbocycles. The summed E-state index contributed by atoms with van der Waals surface area (Å²) in [5, 5.41) is 7.06. The van der Waals surface area contributed by atoms with Gasteiger partial charge >= 0.3 is 0 Å². The molecule has 1 fully saturated rings. The highest BCUT2D eigenvalue weighted by Crippen LogP contribution is 1.96. The summed E-state index contributed by atoms with van der Waals surface area (Å²) in [5.41, 5.74) is 0. The Hall–Kier alpha value is -0.120. The average Bonchev–Trinajstić information content (AvgIpc) is 2.14. The van der Waals surface area contributed by atoms with E-state index in [1.54, 1.807) is 0 Å². The Morgan fingerprint density at radius 1 is 1.62 bits per heavy atom. The fourth-order valence-electron chi connectivity index (χ4n) is 1.62. The molecule has 3 heteroatoms. The normalized spacial score (nSPS) is 27.5. The smallest absolute Gasteiger partial charge is 0.0320 e. The van der Waals surface area contributed by atoms with Crippen molar-refractivity contribution in [3.8, 4) is 0 Å². The van der Waals surface area contributed by atoms with Crippen LogP contribution >= 0.6 is 0 Å². The van der Waals surface area contributed by atoms with Crippen LogP contribution < -0.4 is 10.6 Å². The van der Waals surface area contributed by atoms with Crippen molar-refractivity contribution in [2.45, 2.75) is 32.4 Å². The largest absolute Gasteiger partial charge is 0.313 e. The summed E-state index contributed by atoms with van der Waals surface area (Å²) in [4.78, 5) is 2.39. The predicted molar refractivity (Wildman–Crippen MR) is 57.0 cm³/mol. The molecule has 0 aromatic rings. The Kier molecular flexibility index (Phi) is 4.70. The van der Waals surface area contributed by atoms with E-state index in [9.17, 15) is 0 Å². The maximum Gasteiger partial charge on any atom is 0.0320 e. The van der Waals surface area contributed by atoms with E-state index >= 15 is 0 Å². The molecule has 1 aliphatic rings. The van der Waals surface area contributed by atoms with E-state index in [0.29, 0.717) is 12.1 Å². The van der Waals surface area contributed by atoms with Crippen molar-refractivity contribution in [1.82, 2.24) is 15.5 Å². The van der Waals surface area contributed by atoms with Gasteiger partial charge in [-0.15, -0.1) is 0 Å². The Bertz CT molecular complexity index is 138. The van der Waals surface area contributed by atoms with Crippen molar-refractivity contribution < 1.29 is 0 Å². The molecule has 0 spiro atoms. The van der Waals surface area contributed by atoms with Crippen molar-refractivity contribution in [3.05, 3.63) is 0 Å². The summed E-state index contributed by atoms with van der Waals surface area (Å²) >= 11 is 0. The van der Waals surface area contributed by atoms with Gasteiger partial charge in [0.2, 0.25) is 0 Å². The molecule has 0 amide bonds. The average molecular weight is 185 g/mol. The van der Waals surface area contributed by atoms with Crippen LogP contribution in [-0.2, 0) is 0 Å². The lowest BCUT2D eigenvalue weighted by atomic mass is 10.2. The summed E-state index contributed by atoms with van der Waals surface area (Å²) in [7, 11) is 2.19. The van der Waals surface area contributed by atoms with Crippen LogP contribution in [0.15, 0.2) is 0 Å². The summed E-state index contributed by atoms with van der Waals surface area (Å²) in [6.07, 6.45) is 1.21. The standard InChI is InChI=1S/C10H23N3/c1-4-9(2)12-7-10-8-13(3)6-5-11-10/h9-12H,4-8H2,1-3H3. The molecule has 2 atom stereocenters. The molecule has 78 valence electrons. The number of rotatable bonds is 4. The fourth-order valence-corrected chi connectivity index (χ4v) is 1.62. The van der Waals surface area contributed by atoms with E-state index < -0.39 is 0 Å². The van der Waals surface area contributed by atoms with Gasteiger partial charge in [-0.3, -0.25) is 0 Å². The van der Waals surface area contributed by atoms with Crippen LogP contribution in [0.4, 0.5) is 0 Å². The second-order valence-electron chi connectivity index (χ2n) is 4.13. The number of hydrogen-bond donors (Lipinski definition) is 2. The molecular weight excluding hydrogens is 162 g/mol. The highest BCUT2D eigenvalue weighted by molar-refractivity contribution is 4.79. The van der Waals surface area contributed by atoms with E-state index in [1.165, 1.54) is 19.5 Å². The quantitative estimate of drug-likeness (QED) is 0.659. The van der Waals surface area contributed by atoms with E-state index in [-0.39, 0.29) is 0 Å². The highest BCUT2D eigenvalue weighted by atomic mass is 15.2. The summed E-state index contributed by atoms with van der Waals surface area (Å²) < 4.78 is 0. The lowest BCUT2D eigenvalue weighted by molar-refractivity contribution is 0.232. The molecule has 0 radical (unpaired) electrons. The predicted octanol–water partition coefficient (Wildman–Crippen LogP) is 0.278. The zero-order valence-corrected chi connectivity index (χ0v) is 9.14. The first-order valence-electron chi connectivity index (χ1n) is 5.37. The Balaban J connectivity index is 2.13. The van der Waals surface area contributed by atoms with Gasteiger partial charge < -0.3 is 15.5 Å². The van der Waals surface area contributed by atoms with Crippen LogP contribution in [0.5, 0.6) is 0 Å². The number of likely N-dealkylation sites (N-methyl/N-ethyl adjacent to an activating group) is 1. The van der Waals surface area contributed by atoms with Gasteiger partial charge in [0.25, 0.3) is 0 Å². The molecule has 0 aromatic heterocycles. The molecule has 0 saturated carbocycles. The minimum absolute atomic E-state index is 0.632. The minimum Gasteiger partial charge on any atom is -0.313 e. The molecule has 13 heavy (non-hydrogen) atoms. The molecule has 0 bridgehead atoms. The van der Waals surface area contributed by atoms with Crippen molar-refractivity contribution in [2.24, 2.45) is 0 Å². The zero-order valence-electron chi connectivity index (χ0n) is 9.14. The van der Waals surface area contributed by atoms with Gasteiger partial charge in [0, 0.05) is 38.3 Å². The molecule has 1 heterocycles. The SMILES string of the molecule is CCC(C)NCC1CN(C)CCN1. The van der Waals surface area contributed by atoms with Crippen molar-refractivity contribution in [1.29, 1.82) is 0 Å². The Morgan fingerprint density at radius 2 is 2.38 bits per heavy atom. The summed E-state index contributed by atoms with van der Waals surface area (Å²) in [5.74, 6) is 0. The number of nitrogens with one attached hydrogen (secondary N) is 2. The third kappa shape index (κ3) is 4.07. The van der Waals surface area contributed by atoms with Crippen LogP contribution in [0, 0.1) is 0 Å². The van der Waals surface area contributed by atoms with Crippen LogP contribution in [0.25, 0.3) is 0 Å². The lowest BCUT2D eigenvalue weighted by Crippen LogP contribution is -2.53. The summed E-state index contributed by atoms with van der Waals surface area (Å²) in [6, 6.07) is 1.28. The van der Waals surface area contributed by atoms with Crippen molar-refractivity contribution >= 4 is 0 Å². The van der Waals surface area contributed by atoms with Gasteiger partial charge in [-0.25, -0.2) is 0 Å². The zero-order chi connectivity index (χ0) is 9.68. The molecule has 2 N–H and O–H groups in total. The van der Waals surface area contributed by atoms with Crippen LogP contribution in [0.1, 0.15) is 20.3 Å². The number of hydrogen-bond acceptors (Lipinski definition) is 3. The Morgan fingerprint density at radius 3 is 3.00 bits per heavy atom. The number of nitrogens with zero attached hydrogens (tertiary/aromatic N) is 1. The lowest BCUT2D eigenvalue weighted by Gasteiger charge is -2.31. The van der Waals surface area contributed by atoms with Gasteiger partial charge in [0.15, 0.2) is 0 Å². The second kappa shape index (κ2) is 5.58. The van der Waals surface area contributed by atoms with Gasteiger partial charge in [-0.2, -0.15) is 0 Å². The first-order valence-corrected chi connectivity index (χ1v) is 5.37. The molecule has 1 rings (SSSR count). The molecule has 3 nitrogen and oxygen atoms in total. The van der Waals surface area contributed by atoms with Crippen molar-refractivity contribution in [3.63, 3.8) is 0 Å². The van der Waals surface area contributed by atoms with Gasteiger partial charge in [0.1, 0.15) is 0 Å². The summed E-state index contributed by atoms with van der Waals surface area (Å²) in [6.45, 7) is 9.04. The van der Waals surface area contributed by atoms with Gasteiger partial charge in [0.05, 0.1) is 0 Å². The fraction of sp³-hybridized carbons (Fsp3) is 1.00. The third-order valence-corrected chi connectivity index (χ3v) is 2.78. The van der Waals surface area contributed by atoms with E-state index in [0.717, 1.165) is 13.1 Å². The topological polar surface area (TPSA) is 27.3 Å². The maximum absolute atomic E-state index is 3.53. The van der Waals surface area contributed by atoms with E-state index in [2.05, 4.69) is 36.4 Å². The molecule has 1 saturated heterocycles. The molecule has 0 aromatic carbocycles. The monoisotopic (exact) mass is 185 g/mol. The highest BCUT2D eigenvalue weighted by Gasteiger charge is 2.15. The second-order valence-corrected chi connectivity index (χ2v) is 4.13. The minimum atomic E-state index is 0.632. The molecule has 2 unspecified atom stereocenters. The first-order chi connectivity index (χ1) is 6.22. The molecular formula is C10H23N3.